The highest BCUT2D eigenvalue weighted by molar-refractivity contribution is 7.18. The van der Waals surface area contributed by atoms with Crippen molar-refractivity contribution >= 4 is 44.8 Å². The summed E-state index contributed by atoms with van der Waals surface area (Å²) < 4.78 is 54.0. The molecule has 0 fully saturated rings. The number of aromatic nitrogens is 5. The lowest BCUT2D eigenvalue weighted by molar-refractivity contribution is -0.142. The average molecular weight is 497 g/mol. The van der Waals surface area contributed by atoms with E-state index in [0.717, 1.165) is 11.9 Å². The van der Waals surface area contributed by atoms with E-state index in [1.165, 1.54) is 23.7 Å². The molecule has 1 aromatic carbocycles. The van der Waals surface area contributed by atoms with Crippen molar-refractivity contribution in [1.29, 1.82) is 0 Å². The number of hydrogen-bond acceptors (Lipinski definition) is 6. The maximum absolute atomic E-state index is 14.3. The Balaban J connectivity index is 1.61. The lowest BCUT2D eigenvalue weighted by Gasteiger charge is -2.35. The number of thiazole rings is 1. The minimum absolute atomic E-state index is 0.00666. The predicted octanol–water partition coefficient (Wildman–Crippen LogP) is 4.39. The summed E-state index contributed by atoms with van der Waals surface area (Å²) in [7, 11) is 0. The van der Waals surface area contributed by atoms with Crippen LogP contribution in [0.1, 0.15) is 28.0 Å². The van der Waals surface area contributed by atoms with Gasteiger partial charge in [0.1, 0.15) is 39.8 Å². The van der Waals surface area contributed by atoms with Crippen LogP contribution in [0.2, 0.25) is 5.15 Å². The van der Waals surface area contributed by atoms with Crippen molar-refractivity contribution in [2.45, 2.75) is 25.2 Å². The third-order valence-corrected chi connectivity index (χ3v) is 6.76. The Morgan fingerprint density at radius 2 is 2.18 bits per heavy atom. The Morgan fingerprint density at radius 3 is 2.91 bits per heavy atom. The molecular weight excluding hydrogens is 484 g/mol. The Kier molecular flexibility index (Phi) is 5.23. The van der Waals surface area contributed by atoms with Gasteiger partial charge in [-0.1, -0.05) is 17.7 Å². The van der Waals surface area contributed by atoms with E-state index in [2.05, 4.69) is 20.1 Å². The SMILES string of the molecule is O=C=C(c1cnn(CC(F)(F)F)c1Cl)N1CCc2[nH]cnc2[C@H]1c1nc2c(F)cccc2s1. The van der Waals surface area contributed by atoms with Crippen molar-refractivity contribution in [1.82, 2.24) is 29.6 Å². The Labute approximate surface area is 192 Å². The number of hydrogen-bond donors (Lipinski definition) is 1. The average Bonchev–Trinajstić information content (AvgIpc) is 3.48. The lowest BCUT2D eigenvalue weighted by atomic mass is 10.0. The van der Waals surface area contributed by atoms with E-state index in [1.54, 1.807) is 17.0 Å². The molecule has 1 aliphatic rings. The first kappa shape index (κ1) is 21.6. The molecule has 0 spiro atoms. The number of halogens is 5. The molecule has 0 aliphatic carbocycles. The molecule has 7 nitrogen and oxygen atoms in total. The summed E-state index contributed by atoms with van der Waals surface area (Å²) >= 11 is 7.41. The van der Waals surface area contributed by atoms with Gasteiger partial charge in [0.15, 0.2) is 5.94 Å². The summed E-state index contributed by atoms with van der Waals surface area (Å²) in [6.45, 7) is -1.11. The number of imidazole rings is 1. The molecule has 1 aliphatic heterocycles. The van der Waals surface area contributed by atoms with Gasteiger partial charge in [-0.3, -0.25) is 0 Å². The van der Waals surface area contributed by atoms with Crippen LogP contribution >= 0.6 is 22.9 Å². The van der Waals surface area contributed by atoms with Crippen molar-refractivity contribution in [3.8, 4) is 0 Å². The minimum atomic E-state index is -4.54. The van der Waals surface area contributed by atoms with Crippen LogP contribution in [-0.2, 0) is 17.8 Å². The number of nitrogens with one attached hydrogen (secondary N) is 1. The molecule has 1 N–H and O–H groups in total. The topological polar surface area (TPSA) is 79.7 Å². The third-order valence-electron chi connectivity index (χ3n) is 5.29. The molecule has 4 aromatic rings. The number of nitrogens with zero attached hydrogens (tertiary/aromatic N) is 5. The van der Waals surface area contributed by atoms with Crippen LogP contribution in [0.3, 0.4) is 0 Å². The summed E-state index contributed by atoms with van der Waals surface area (Å²) in [5.41, 5.74) is 1.51. The molecule has 33 heavy (non-hydrogen) atoms. The molecule has 170 valence electrons. The minimum Gasteiger partial charge on any atom is -0.348 e. The zero-order chi connectivity index (χ0) is 23.3. The van der Waals surface area contributed by atoms with Crippen LogP contribution in [0.25, 0.3) is 15.9 Å². The number of alkyl halides is 3. The molecule has 0 saturated heterocycles. The number of aromatic amines is 1. The molecule has 0 bridgehead atoms. The van der Waals surface area contributed by atoms with Crippen LogP contribution in [0, 0.1) is 5.82 Å². The van der Waals surface area contributed by atoms with E-state index in [9.17, 15) is 22.4 Å². The van der Waals surface area contributed by atoms with Crippen LogP contribution in [0.5, 0.6) is 0 Å². The number of rotatable bonds is 4. The number of carbonyl (C=O) groups excluding carboxylic acids is 1. The van der Waals surface area contributed by atoms with E-state index in [-0.39, 0.29) is 21.9 Å². The predicted molar refractivity (Wildman–Crippen MR) is 113 cm³/mol. The van der Waals surface area contributed by atoms with Gasteiger partial charge in [0.2, 0.25) is 0 Å². The second kappa shape index (κ2) is 7.98. The Morgan fingerprint density at radius 1 is 1.36 bits per heavy atom. The fourth-order valence-electron chi connectivity index (χ4n) is 3.89. The molecule has 1 atom stereocenters. The normalized spacial score (nSPS) is 16.2. The Bertz CT molecular complexity index is 1400. The van der Waals surface area contributed by atoms with Gasteiger partial charge in [-0.2, -0.15) is 18.3 Å². The molecule has 0 amide bonds. The monoisotopic (exact) mass is 496 g/mol. The van der Waals surface area contributed by atoms with Crippen LogP contribution in [0.4, 0.5) is 17.6 Å². The highest BCUT2D eigenvalue weighted by Crippen LogP contribution is 2.42. The maximum atomic E-state index is 14.3. The van der Waals surface area contributed by atoms with Crippen LogP contribution in [-0.4, -0.2) is 48.3 Å². The quantitative estimate of drug-likeness (QED) is 0.335. The molecular formula is C20H13ClF4N6OS. The van der Waals surface area contributed by atoms with Crippen molar-refractivity contribution in [2.24, 2.45) is 0 Å². The van der Waals surface area contributed by atoms with Gasteiger partial charge in [0.05, 0.1) is 28.5 Å². The second-order valence-electron chi connectivity index (χ2n) is 7.32. The standard InChI is InChI=1S/C20H13ClF4N6OS/c21-18-10(6-28-31(18)8-20(23,24)25)13(7-32)30-5-4-12-16(27-9-26-12)17(30)19-29-15-11(22)2-1-3-14(15)33-19/h1-3,6,9,17H,4-5,8H2,(H,26,27)/t17-/m0/s1. The highest BCUT2D eigenvalue weighted by atomic mass is 35.5. The number of para-hydroxylation sites is 1. The van der Waals surface area contributed by atoms with Crippen molar-refractivity contribution in [3.63, 3.8) is 0 Å². The summed E-state index contributed by atoms with van der Waals surface area (Å²) in [6.07, 6.45) is -1.46. The molecule has 5 rings (SSSR count). The Hall–Kier alpha value is -3.21. The van der Waals surface area contributed by atoms with Crippen molar-refractivity contribution in [2.75, 3.05) is 6.54 Å². The first-order valence-electron chi connectivity index (χ1n) is 9.64. The van der Waals surface area contributed by atoms with Gasteiger partial charge in [0.25, 0.3) is 0 Å². The molecule has 0 radical (unpaired) electrons. The van der Waals surface area contributed by atoms with E-state index < -0.39 is 24.6 Å². The smallest absolute Gasteiger partial charge is 0.348 e. The largest absolute Gasteiger partial charge is 0.408 e. The summed E-state index contributed by atoms with van der Waals surface area (Å²) in [6, 6.07) is 3.90. The van der Waals surface area contributed by atoms with Crippen LogP contribution in [0.15, 0.2) is 30.7 Å². The van der Waals surface area contributed by atoms with Gasteiger partial charge < -0.3 is 9.88 Å². The van der Waals surface area contributed by atoms with Gasteiger partial charge >= 0.3 is 6.18 Å². The third kappa shape index (κ3) is 3.79. The summed E-state index contributed by atoms with van der Waals surface area (Å²) in [5, 5.41) is 3.82. The summed E-state index contributed by atoms with van der Waals surface area (Å²) in [5.74, 6) is 1.33. The molecule has 0 saturated carbocycles. The first-order chi connectivity index (χ1) is 15.8. The maximum Gasteiger partial charge on any atom is 0.408 e. The van der Waals surface area contributed by atoms with Crippen molar-refractivity contribution in [3.05, 3.63) is 63.7 Å². The second-order valence-corrected chi connectivity index (χ2v) is 8.74. The molecule has 3 aromatic heterocycles. The summed E-state index contributed by atoms with van der Waals surface area (Å²) in [4.78, 5) is 25.6. The fraction of sp³-hybridized carbons (Fsp3) is 0.250. The van der Waals surface area contributed by atoms with Gasteiger partial charge in [-0.25, -0.2) is 23.8 Å². The molecule has 4 heterocycles. The first-order valence-corrected chi connectivity index (χ1v) is 10.8. The van der Waals surface area contributed by atoms with E-state index in [4.69, 9.17) is 11.6 Å². The van der Waals surface area contributed by atoms with E-state index in [1.807, 2.05) is 5.94 Å². The van der Waals surface area contributed by atoms with Gasteiger partial charge in [0, 0.05) is 18.7 Å². The number of H-pyrrole nitrogens is 1. The number of fused-ring (bicyclic) bond motifs is 2. The number of benzene rings is 1. The zero-order valence-electron chi connectivity index (χ0n) is 16.5. The van der Waals surface area contributed by atoms with E-state index >= 15 is 0 Å². The van der Waals surface area contributed by atoms with Crippen LogP contribution < -0.4 is 0 Å². The van der Waals surface area contributed by atoms with Gasteiger partial charge in [-0.15, -0.1) is 11.3 Å². The zero-order valence-corrected chi connectivity index (χ0v) is 18.1. The van der Waals surface area contributed by atoms with Crippen molar-refractivity contribution < 1.29 is 22.4 Å². The fourth-order valence-corrected chi connectivity index (χ4v) is 5.24. The van der Waals surface area contributed by atoms with E-state index in [0.29, 0.717) is 33.0 Å². The lowest BCUT2D eigenvalue weighted by Crippen LogP contribution is -2.35. The molecule has 13 heteroatoms. The molecule has 0 unspecified atom stereocenters. The van der Waals surface area contributed by atoms with Gasteiger partial charge in [-0.05, 0) is 12.1 Å². The highest BCUT2D eigenvalue weighted by Gasteiger charge is 2.37.